The van der Waals surface area contributed by atoms with Crippen LogP contribution in [-0.2, 0) is 16.6 Å². The smallest absolute Gasteiger partial charge is 0.277 e. The van der Waals surface area contributed by atoms with Crippen LogP contribution in [0.3, 0.4) is 0 Å². The summed E-state index contributed by atoms with van der Waals surface area (Å²) in [6.07, 6.45) is 9.81. The molecule has 0 atom stereocenters. The molecule has 0 spiro atoms. The van der Waals surface area contributed by atoms with Crippen molar-refractivity contribution in [2.45, 2.75) is 43.4 Å². The van der Waals surface area contributed by atoms with Crippen molar-refractivity contribution < 1.29 is 12.8 Å². The molecule has 0 unspecified atom stereocenters. The Bertz CT molecular complexity index is 636. The fourth-order valence-electron chi connectivity index (χ4n) is 2.19. The van der Waals surface area contributed by atoms with Crippen LogP contribution < -0.4 is 5.32 Å². The standard InChI is InChI=1S/C15H20N2O3S/c1-2-9-17(11-12-3-4-12)21(18,19)15-8-7-14(20-15)10-16-13-5-6-13/h1,7-8,12-13,16H,3-6,9-11H2. The molecule has 0 radical (unpaired) electrons. The molecule has 0 aliphatic heterocycles. The molecule has 2 aliphatic rings. The van der Waals surface area contributed by atoms with Crippen LogP contribution >= 0.6 is 0 Å². The van der Waals surface area contributed by atoms with Crippen LogP contribution in [0.2, 0.25) is 0 Å². The zero-order valence-corrected chi connectivity index (χ0v) is 12.7. The number of rotatable bonds is 8. The van der Waals surface area contributed by atoms with E-state index >= 15 is 0 Å². The number of hydrogen-bond acceptors (Lipinski definition) is 4. The first-order valence-electron chi connectivity index (χ1n) is 7.35. The lowest BCUT2D eigenvalue weighted by atomic mass is 10.4. The van der Waals surface area contributed by atoms with Crippen molar-refractivity contribution >= 4 is 10.0 Å². The molecule has 2 saturated carbocycles. The summed E-state index contributed by atoms with van der Waals surface area (Å²) < 4.78 is 32.0. The van der Waals surface area contributed by atoms with E-state index in [0.29, 0.717) is 30.8 Å². The van der Waals surface area contributed by atoms with Gasteiger partial charge in [0.25, 0.3) is 10.0 Å². The summed E-state index contributed by atoms with van der Waals surface area (Å²) in [4.78, 5) is 0. The minimum absolute atomic E-state index is 0.00834. The molecule has 21 heavy (non-hydrogen) atoms. The highest BCUT2D eigenvalue weighted by molar-refractivity contribution is 7.89. The van der Waals surface area contributed by atoms with Gasteiger partial charge in [-0.05, 0) is 43.7 Å². The fourth-order valence-corrected chi connectivity index (χ4v) is 3.55. The predicted molar refractivity (Wildman–Crippen MR) is 78.9 cm³/mol. The molecule has 2 aliphatic carbocycles. The first kappa shape index (κ1) is 14.6. The van der Waals surface area contributed by atoms with Crippen molar-refractivity contribution in [2.24, 2.45) is 5.92 Å². The van der Waals surface area contributed by atoms with E-state index in [1.54, 1.807) is 6.07 Å². The Hall–Kier alpha value is -1.29. The average Bonchev–Trinajstić information content (AvgIpc) is 3.37. The van der Waals surface area contributed by atoms with E-state index in [9.17, 15) is 8.42 Å². The number of sulfonamides is 1. The summed E-state index contributed by atoms with van der Waals surface area (Å²) >= 11 is 0. The van der Waals surface area contributed by atoms with E-state index in [0.717, 1.165) is 12.8 Å². The van der Waals surface area contributed by atoms with Gasteiger partial charge in [0.1, 0.15) is 5.76 Å². The maximum absolute atomic E-state index is 12.6. The highest BCUT2D eigenvalue weighted by Crippen LogP contribution is 2.31. The third-order valence-electron chi connectivity index (χ3n) is 3.80. The van der Waals surface area contributed by atoms with E-state index in [2.05, 4.69) is 11.2 Å². The molecule has 2 fully saturated rings. The lowest BCUT2D eigenvalue weighted by Gasteiger charge is -2.17. The number of furan rings is 1. The van der Waals surface area contributed by atoms with Crippen molar-refractivity contribution in [3.8, 4) is 12.3 Å². The molecule has 114 valence electrons. The lowest BCUT2D eigenvalue weighted by Crippen LogP contribution is -2.33. The summed E-state index contributed by atoms with van der Waals surface area (Å²) in [5, 5.41) is 3.29. The van der Waals surface area contributed by atoms with Crippen molar-refractivity contribution in [2.75, 3.05) is 13.1 Å². The molecule has 0 amide bonds. The van der Waals surface area contributed by atoms with Crippen LogP contribution in [0.4, 0.5) is 0 Å². The Balaban J connectivity index is 1.70. The van der Waals surface area contributed by atoms with E-state index in [1.807, 2.05) is 0 Å². The second-order valence-corrected chi connectivity index (χ2v) is 7.69. The van der Waals surface area contributed by atoms with Crippen LogP contribution in [0, 0.1) is 18.3 Å². The van der Waals surface area contributed by atoms with E-state index in [-0.39, 0.29) is 11.6 Å². The van der Waals surface area contributed by atoms with Crippen LogP contribution in [-0.4, -0.2) is 31.9 Å². The molecule has 5 nitrogen and oxygen atoms in total. The van der Waals surface area contributed by atoms with Gasteiger partial charge in [0.2, 0.25) is 5.09 Å². The Morgan fingerprint density at radius 3 is 2.71 bits per heavy atom. The summed E-state index contributed by atoms with van der Waals surface area (Å²) in [6, 6.07) is 3.80. The third kappa shape index (κ3) is 3.67. The monoisotopic (exact) mass is 308 g/mol. The average molecular weight is 308 g/mol. The SMILES string of the molecule is C#CCN(CC1CC1)S(=O)(=O)c1ccc(CNC2CC2)o1. The number of nitrogens with zero attached hydrogens (tertiary/aromatic N) is 1. The lowest BCUT2D eigenvalue weighted by molar-refractivity contribution is 0.369. The van der Waals surface area contributed by atoms with Gasteiger partial charge in [0.15, 0.2) is 0 Å². The molecule has 0 aromatic carbocycles. The van der Waals surface area contributed by atoms with Crippen molar-refractivity contribution in [3.63, 3.8) is 0 Å². The van der Waals surface area contributed by atoms with Crippen molar-refractivity contribution in [3.05, 3.63) is 17.9 Å². The second-order valence-electron chi connectivity index (χ2n) is 5.82. The molecular formula is C15H20N2O3S. The Labute approximate surface area is 125 Å². The van der Waals surface area contributed by atoms with Gasteiger partial charge in [-0.1, -0.05) is 5.92 Å². The highest BCUT2D eigenvalue weighted by atomic mass is 32.2. The minimum atomic E-state index is -3.62. The van der Waals surface area contributed by atoms with Crippen LogP contribution in [0.15, 0.2) is 21.6 Å². The van der Waals surface area contributed by atoms with Gasteiger partial charge in [-0.15, -0.1) is 6.42 Å². The molecule has 6 heteroatoms. The third-order valence-corrected chi connectivity index (χ3v) is 5.49. The van der Waals surface area contributed by atoms with Gasteiger partial charge in [-0.3, -0.25) is 0 Å². The quantitative estimate of drug-likeness (QED) is 0.740. The zero-order valence-electron chi connectivity index (χ0n) is 11.9. The Morgan fingerprint density at radius 1 is 1.33 bits per heavy atom. The molecule has 1 N–H and O–H groups in total. The summed E-state index contributed by atoms with van der Waals surface area (Å²) in [6.45, 7) is 1.15. The van der Waals surface area contributed by atoms with Gasteiger partial charge < -0.3 is 9.73 Å². The van der Waals surface area contributed by atoms with E-state index in [4.69, 9.17) is 10.8 Å². The molecular weight excluding hydrogens is 288 g/mol. The van der Waals surface area contributed by atoms with Crippen LogP contribution in [0.5, 0.6) is 0 Å². The Kier molecular flexibility index (Phi) is 4.07. The van der Waals surface area contributed by atoms with E-state index < -0.39 is 10.0 Å². The molecule has 3 rings (SSSR count). The van der Waals surface area contributed by atoms with Gasteiger partial charge in [-0.2, -0.15) is 4.31 Å². The minimum Gasteiger partial charge on any atom is -0.447 e. The normalized spacial score (nSPS) is 18.9. The van der Waals surface area contributed by atoms with Crippen LogP contribution in [0.1, 0.15) is 31.4 Å². The van der Waals surface area contributed by atoms with Gasteiger partial charge in [-0.25, -0.2) is 8.42 Å². The summed E-state index contributed by atoms with van der Waals surface area (Å²) in [5.74, 6) is 3.51. The number of hydrogen-bond donors (Lipinski definition) is 1. The maximum atomic E-state index is 12.6. The van der Waals surface area contributed by atoms with Gasteiger partial charge >= 0.3 is 0 Å². The predicted octanol–water partition coefficient (Wildman–Crippen LogP) is 1.57. The highest BCUT2D eigenvalue weighted by Gasteiger charge is 2.33. The fraction of sp³-hybridized carbons (Fsp3) is 0.600. The topological polar surface area (TPSA) is 62.6 Å². The number of nitrogens with one attached hydrogen (secondary N) is 1. The molecule has 0 bridgehead atoms. The van der Waals surface area contributed by atoms with Gasteiger partial charge in [0, 0.05) is 12.6 Å². The first-order valence-corrected chi connectivity index (χ1v) is 8.79. The molecule has 1 heterocycles. The van der Waals surface area contributed by atoms with Crippen LogP contribution in [0.25, 0.3) is 0 Å². The Morgan fingerprint density at radius 2 is 2.10 bits per heavy atom. The molecule has 1 aromatic rings. The van der Waals surface area contributed by atoms with Crippen molar-refractivity contribution in [1.82, 2.24) is 9.62 Å². The molecule has 1 aromatic heterocycles. The maximum Gasteiger partial charge on any atom is 0.277 e. The number of terminal acetylenes is 1. The summed E-state index contributed by atoms with van der Waals surface area (Å²) in [7, 11) is -3.62. The summed E-state index contributed by atoms with van der Waals surface area (Å²) in [5.41, 5.74) is 0. The van der Waals surface area contributed by atoms with Gasteiger partial charge in [0.05, 0.1) is 13.1 Å². The molecule has 0 saturated heterocycles. The van der Waals surface area contributed by atoms with E-state index in [1.165, 1.54) is 23.2 Å². The largest absolute Gasteiger partial charge is 0.447 e. The van der Waals surface area contributed by atoms with Crippen molar-refractivity contribution in [1.29, 1.82) is 0 Å². The second kappa shape index (κ2) is 5.84. The zero-order chi connectivity index (χ0) is 14.9. The first-order chi connectivity index (χ1) is 10.1.